The molecule has 2 nitrogen and oxygen atoms in total. The fourth-order valence-electron chi connectivity index (χ4n) is 1.61. The van der Waals surface area contributed by atoms with Crippen molar-refractivity contribution < 1.29 is 4.74 Å². The number of aromatic nitrogens is 1. The molecule has 6 heteroatoms. The van der Waals surface area contributed by atoms with Gasteiger partial charge in [0.25, 0.3) is 5.19 Å². The lowest BCUT2D eigenvalue weighted by atomic mass is 10.3. The van der Waals surface area contributed by atoms with Crippen LogP contribution in [0.15, 0.2) is 36.4 Å². The van der Waals surface area contributed by atoms with Crippen LogP contribution in [-0.2, 0) is 0 Å². The summed E-state index contributed by atoms with van der Waals surface area (Å²) in [5.41, 5.74) is 0.715. The van der Waals surface area contributed by atoms with Gasteiger partial charge in [0.05, 0.1) is 19.8 Å². The average molecular weight is 331 g/mol. The first-order chi connectivity index (χ1) is 9.15. The summed E-state index contributed by atoms with van der Waals surface area (Å²) in [5.74, 6) is 0.404. The van der Waals surface area contributed by atoms with Crippen molar-refractivity contribution in [2.45, 2.75) is 0 Å². The molecule has 0 aliphatic carbocycles. The van der Waals surface area contributed by atoms with Crippen molar-refractivity contribution in [1.82, 2.24) is 4.98 Å². The van der Waals surface area contributed by atoms with E-state index in [1.807, 2.05) is 12.1 Å². The number of halogens is 3. The molecule has 0 spiro atoms. The number of hydrogen-bond acceptors (Lipinski definition) is 3. The third kappa shape index (κ3) is 2.51. The third-order valence-corrected chi connectivity index (χ3v) is 4.26. The van der Waals surface area contributed by atoms with Crippen LogP contribution in [0.4, 0.5) is 0 Å². The van der Waals surface area contributed by atoms with Gasteiger partial charge in [-0.2, -0.15) is 0 Å². The molecule has 0 amide bonds. The van der Waals surface area contributed by atoms with Crippen molar-refractivity contribution in [2.75, 3.05) is 0 Å². The minimum absolute atomic E-state index is 0.404. The van der Waals surface area contributed by atoms with Crippen LogP contribution in [0, 0.1) is 0 Å². The number of fused-ring (bicyclic) bond motifs is 1. The maximum absolute atomic E-state index is 6.07. The highest BCUT2D eigenvalue weighted by molar-refractivity contribution is 7.20. The van der Waals surface area contributed by atoms with Crippen LogP contribution in [0.5, 0.6) is 10.9 Å². The van der Waals surface area contributed by atoms with Crippen LogP contribution >= 0.6 is 46.1 Å². The number of thiazole rings is 1. The number of hydrogen-bond donors (Lipinski definition) is 0. The van der Waals surface area contributed by atoms with Crippen LogP contribution < -0.4 is 4.74 Å². The molecule has 0 bridgehead atoms. The second-order valence-electron chi connectivity index (χ2n) is 3.72. The fraction of sp³-hybridized carbons (Fsp3) is 0. The molecule has 0 unspecified atom stereocenters. The van der Waals surface area contributed by atoms with Crippen molar-refractivity contribution in [1.29, 1.82) is 0 Å². The van der Waals surface area contributed by atoms with Gasteiger partial charge in [-0.3, -0.25) is 0 Å². The van der Waals surface area contributed by atoms with Gasteiger partial charge >= 0.3 is 0 Å². The van der Waals surface area contributed by atoms with Gasteiger partial charge in [0.1, 0.15) is 5.52 Å². The maximum atomic E-state index is 6.07. The number of nitrogens with zero attached hydrogens (tertiary/aromatic N) is 1. The SMILES string of the molecule is Clc1cccc(Cl)c1Oc1nc2c(Cl)cccc2s1. The fourth-order valence-corrected chi connectivity index (χ4v) is 3.20. The molecule has 0 saturated carbocycles. The van der Waals surface area contributed by atoms with E-state index in [1.54, 1.807) is 24.3 Å². The van der Waals surface area contributed by atoms with Crippen LogP contribution in [0.1, 0.15) is 0 Å². The van der Waals surface area contributed by atoms with Crippen molar-refractivity contribution in [3.63, 3.8) is 0 Å². The van der Waals surface area contributed by atoms with Gasteiger partial charge in [0, 0.05) is 0 Å². The minimum Gasteiger partial charge on any atom is -0.428 e. The van der Waals surface area contributed by atoms with Gasteiger partial charge in [-0.15, -0.1) is 0 Å². The van der Waals surface area contributed by atoms with E-state index in [-0.39, 0.29) is 0 Å². The highest BCUT2D eigenvalue weighted by Crippen LogP contribution is 2.39. The summed E-state index contributed by atoms with van der Waals surface area (Å²) in [6.07, 6.45) is 0. The molecule has 96 valence electrons. The van der Waals surface area contributed by atoms with E-state index in [2.05, 4.69) is 4.98 Å². The number of para-hydroxylation sites is 2. The van der Waals surface area contributed by atoms with Crippen molar-refractivity contribution in [3.8, 4) is 10.9 Å². The van der Waals surface area contributed by atoms with Crippen LogP contribution in [0.2, 0.25) is 15.1 Å². The van der Waals surface area contributed by atoms with Crippen molar-refractivity contribution in [2.24, 2.45) is 0 Å². The predicted octanol–water partition coefficient (Wildman–Crippen LogP) is 6.05. The smallest absolute Gasteiger partial charge is 0.279 e. The highest BCUT2D eigenvalue weighted by Gasteiger charge is 2.12. The van der Waals surface area contributed by atoms with Crippen LogP contribution in [0.25, 0.3) is 10.2 Å². The Kier molecular flexibility index (Phi) is 3.54. The molecule has 2 aromatic carbocycles. The van der Waals surface area contributed by atoms with E-state index in [9.17, 15) is 0 Å². The predicted molar refractivity (Wildman–Crippen MR) is 81.2 cm³/mol. The lowest BCUT2D eigenvalue weighted by Gasteiger charge is -2.05. The summed E-state index contributed by atoms with van der Waals surface area (Å²) in [7, 11) is 0. The third-order valence-electron chi connectivity index (χ3n) is 2.46. The zero-order valence-electron chi connectivity index (χ0n) is 9.36. The standard InChI is InChI=1S/C13H6Cl3NOS/c14-7-3-2-6-10-11(7)17-13(19-10)18-12-8(15)4-1-5-9(12)16/h1-6H. The molecule has 0 aliphatic rings. The summed E-state index contributed by atoms with van der Waals surface area (Å²) in [5, 5.41) is 1.93. The van der Waals surface area contributed by atoms with Crippen molar-refractivity contribution >= 4 is 56.4 Å². The lowest BCUT2D eigenvalue weighted by Crippen LogP contribution is -1.85. The Balaban J connectivity index is 2.04. The second kappa shape index (κ2) is 5.17. The molecule has 3 aromatic rings. The number of rotatable bonds is 2. The monoisotopic (exact) mass is 329 g/mol. The molecule has 0 radical (unpaired) electrons. The molecular weight excluding hydrogens is 325 g/mol. The minimum atomic E-state index is 0.404. The summed E-state index contributed by atoms with van der Waals surface area (Å²) in [6.45, 7) is 0. The molecule has 1 heterocycles. The molecule has 0 atom stereocenters. The maximum Gasteiger partial charge on any atom is 0.279 e. The molecule has 0 N–H and O–H groups in total. The highest BCUT2D eigenvalue weighted by atomic mass is 35.5. The molecular formula is C13H6Cl3NOS. The van der Waals surface area contributed by atoms with Crippen LogP contribution in [0.3, 0.4) is 0 Å². The Labute approximate surface area is 128 Å². The normalized spacial score (nSPS) is 10.9. The molecule has 3 rings (SSSR count). The first-order valence-corrected chi connectivity index (χ1v) is 7.27. The summed E-state index contributed by atoms with van der Waals surface area (Å²) < 4.78 is 6.61. The Hall–Kier alpha value is -1.000. The molecule has 1 aromatic heterocycles. The second-order valence-corrected chi connectivity index (χ2v) is 5.93. The lowest BCUT2D eigenvalue weighted by molar-refractivity contribution is 0.480. The quantitative estimate of drug-likeness (QED) is 0.570. The molecule has 19 heavy (non-hydrogen) atoms. The first kappa shape index (κ1) is 13.0. The Morgan fingerprint density at radius 3 is 2.21 bits per heavy atom. The van der Waals surface area contributed by atoms with Gasteiger partial charge in [-0.25, -0.2) is 4.98 Å². The van der Waals surface area contributed by atoms with E-state index in [0.717, 1.165) is 4.70 Å². The van der Waals surface area contributed by atoms with Crippen molar-refractivity contribution in [3.05, 3.63) is 51.5 Å². The van der Waals surface area contributed by atoms with Gasteiger partial charge in [-0.05, 0) is 24.3 Å². The van der Waals surface area contributed by atoms with Gasteiger partial charge in [0.2, 0.25) is 0 Å². The van der Waals surface area contributed by atoms with E-state index >= 15 is 0 Å². The first-order valence-electron chi connectivity index (χ1n) is 5.32. The van der Waals surface area contributed by atoms with E-state index in [0.29, 0.717) is 31.5 Å². The molecule has 0 fully saturated rings. The molecule has 0 saturated heterocycles. The number of benzene rings is 2. The van der Waals surface area contributed by atoms with E-state index in [4.69, 9.17) is 39.5 Å². The Morgan fingerprint density at radius 2 is 1.53 bits per heavy atom. The van der Waals surface area contributed by atoms with Gasteiger partial charge < -0.3 is 4.74 Å². The summed E-state index contributed by atoms with van der Waals surface area (Å²) in [4.78, 5) is 4.34. The van der Waals surface area contributed by atoms with Gasteiger partial charge in [-0.1, -0.05) is 58.3 Å². The Morgan fingerprint density at radius 1 is 0.895 bits per heavy atom. The van der Waals surface area contributed by atoms with E-state index < -0.39 is 0 Å². The largest absolute Gasteiger partial charge is 0.428 e. The van der Waals surface area contributed by atoms with Gasteiger partial charge in [0.15, 0.2) is 5.75 Å². The van der Waals surface area contributed by atoms with E-state index in [1.165, 1.54) is 11.3 Å². The molecule has 0 aliphatic heterocycles. The zero-order valence-corrected chi connectivity index (χ0v) is 12.4. The zero-order chi connectivity index (χ0) is 13.4. The average Bonchev–Trinajstić information content (AvgIpc) is 2.78. The number of ether oxygens (including phenoxy) is 1. The summed E-state index contributed by atoms with van der Waals surface area (Å²) in [6, 6.07) is 10.8. The Bertz CT molecular complexity index is 736. The topological polar surface area (TPSA) is 22.1 Å². The summed E-state index contributed by atoms with van der Waals surface area (Å²) >= 11 is 19.6. The van der Waals surface area contributed by atoms with Crippen LogP contribution in [-0.4, -0.2) is 4.98 Å².